The van der Waals surface area contributed by atoms with Gasteiger partial charge in [0.15, 0.2) is 0 Å². The molecule has 0 saturated carbocycles. The van der Waals surface area contributed by atoms with Gasteiger partial charge >= 0.3 is 0 Å². The Hall–Kier alpha value is -0.280. The van der Waals surface area contributed by atoms with Gasteiger partial charge in [-0.2, -0.15) is 0 Å². The molecule has 0 aromatic heterocycles. The number of carbonyl (C=O) groups excluding carboxylic acids is 1. The lowest BCUT2D eigenvalue weighted by Crippen LogP contribution is -2.34. The summed E-state index contributed by atoms with van der Waals surface area (Å²) >= 11 is 0. The monoisotopic (exact) mass is 193 g/mol. The Bertz CT molecular complexity index is 116. The number of piperidine rings is 1. The van der Waals surface area contributed by atoms with E-state index < -0.39 is 0 Å². The molecule has 0 bridgehead atoms. The van der Waals surface area contributed by atoms with Crippen molar-refractivity contribution in [3.63, 3.8) is 0 Å². The Morgan fingerprint density at radius 2 is 2.33 bits per heavy atom. The van der Waals surface area contributed by atoms with Gasteiger partial charge in [-0.15, -0.1) is 12.4 Å². The van der Waals surface area contributed by atoms with Crippen LogP contribution in [0.4, 0.5) is 0 Å². The van der Waals surface area contributed by atoms with E-state index >= 15 is 0 Å². The highest BCUT2D eigenvalue weighted by Crippen LogP contribution is 2.09. The molecular weight excluding hydrogens is 178 g/mol. The summed E-state index contributed by atoms with van der Waals surface area (Å²) in [5, 5.41) is 3.38. The fraction of sp³-hybridized carbons (Fsp3) is 0.875. The van der Waals surface area contributed by atoms with Crippen LogP contribution in [0.3, 0.4) is 0 Å². The minimum absolute atomic E-state index is 0. The van der Waals surface area contributed by atoms with E-state index in [4.69, 9.17) is 0 Å². The summed E-state index contributed by atoms with van der Waals surface area (Å²) in [5.41, 5.74) is 0. The predicted molar refractivity (Wildman–Crippen MR) is 49.5 cm³/mol. The maximum Gasteiger partial charge on any atom is 0.293 e. The Labute approximate surface area is 79.3 Å². The molecule has 0 amide bonds. The molecule has 1 unspecified atom stereocenters. The fourth-order valence-corrected chi connectivity index (χ4v) is 1.43. The largest absolute Gasteiger partial charge is 0.468 e. The van der Waals surface area contributed by atoms with Crippen molar-refractivity contribution in [3.05, 3.63) is 0 Å². The Morgan fingerprint density at radius 1 is 1.50 bits per heavy atom. The first-order chi connectivity index (χ1) is 5.43. The molecule has 0 spiro atoms. The van der Waals surface area contributed by atoms with Crippen LogP contribution in [0.1, 0.15) is 25.7 Å². The second kappa shape index (κ2) is 7.37. The van der Waals surface area contributed by atoms with E-state index in [9.17, 15) is 4.79 Å². The second-order valence-corrected chi connectivity index (χ2v) is 2.90. The van der Waals surface area contributed by atoms with E-state index in [1.54, 1.807) is 0 Å². The minimum atomic E-state index is 0. The number of halogens is 1. The minimum Gasteiger partial charge on any atom is -0.468 e. The number of carbonyl (C=O) groups is 1. The molecule has 1 fully saturated rings. The molecule has 1 rings (SSSR count). The molecule has 0 radical (unpaired) electrons. The highest BCUT2D eigenvalue weighted by Gasteiger charge is 2.11. The molecular formula is C8H16ClNO2. The number of nitrogens with one attached hydrogen (secondary N) is 1. The number of rotatable bonds is 4. The summed E-state index contributed by atoms with van der Waals surface area (Å²) < 4.78 is 4.62. The molecule has 1 atom stereocenters. The molecule has 1 saturated heterocycles. The topological polar surface area (TPSA) is 38.3 Å². The van der Waals surface area contributed by atoms with Gasteiger partial charge in [0.2, 0.25) is 0 Å². The molecule has 1 aliphatic heterocycles. The second-order valence-electron chi connectivity index (χ2n) is 2.90. The van der Waals surface area contributed by atoms with E-state index in [2.05, 4.69) is 10.1 Å². The van der Waals surface area contributed by atoms with Crippen LogP contribution < -0.4 is 5.32 Å². The lowest BCUT2D eigenvalue weighted by Gasteiger charge is -2.22. The maximum atomic E-state index is 9.80. The van der Waals surface area contributed by atoms with Crippen LogP contribution in [0.2, 0.25) is 0 Å². The van der Waals surface area contributed by atoms with Crippen molar-refractivity contribution in [3.8, 4) is 0 Å². The van der Waals surface area contributed by atoms with Crippen LogP contribution in [-0.4, -0.2) is 25.7 Å². The van der Waals surface area contributed by atoms with E-state index in [0.29, 0.717) is 19.1 Å². The van der Waals surface area contributed by atoms with Crippen LogP contribution >= 0.6 is 12.4 Å². The lowest BCUT2D eigenvalue weighted by molar-refractivity contribution is -0.128. The number of ether oxygens (including phenoxy) is 1. The molecule has 0 aromatic rings. The van der Waals surface area contributed by atoms with Crippen molar-refractivity contribution in [2.24, 2.45) is 0 Å². The third-order valence-corrected chi connectivity index (χ3v) is 2.06. The smallest absolute Gasteiger partial charge is 0.293 e. The van der Waals surface area contributed by atoms with Gasteiger partial charge in [-0.1, -0.05) is 6.42 Å². The molecule has 0 aromatic carbocycles. The fourth-order valence-electron chi connectivity index (χ4n) is 1.43. The van der Waals surface area contributed by atoms with Gasteiger partial charge in [0.25, 0.3) is 6.47 Å². The Morgan fingerprint density at radius 3 is 2.92 bits per heavy atom. The first kappa shape index (κ1) is 11.7. The quantitative estimate of drug-likeness (QED) is 0.537. The predicted octanol–water partition coefficient (Wildman–Crippen LogP) is 1.11. The summed E-state index contributed by atoms with van der Waals surface area (Å²) in [6.07, 6.45) is 4.77. The average Bonchev–Trinajstić information content (AvgIpc) is 2.07. The van der Waals surface area contributed by atoms with Crippen LogP contribution in [0, 0.1) is 0 Å². The lowest BCUT2D eigenvalue weighted by atomic mass is 10.0. The van der Waals surface area contributed by atoms with Crippen LogP contribution in [0.15, 0.2) is 0 Å². The third-order valence-electron chi connectivity index (χ3n) is 2.06. The molecule has 1 aliphatic rings. The highest BCUT2D eigenvalue weighted by molar-refractivity contribution is 5.85. The van der Waals surface area contributed by atoms with Crippen molar-refractivity contribution in [1.82, 2.24) is 5.32 Å². The van der Waals surface area contributed by atoms with Gasteiger partial charge in [0, 0.05) is 6.04 Å². The Kier molecular flexibility index (Phi) is 7.20. The zero-order valence-electron chi connectivity index (χ0n) is 7.12. The van der Waals surface area contributed by atoms with E-state index in [0.717, 1.165) is 13.0 Å². The van der Waals surface area contributed by atoms with E-state index in [1.807, 2.05) is 0 Å². The standard InChI is InChI=1S/C8H15NO2.ClH/c10-7-11-6-4-8-3-1-2-5-9-8;/h7-9H,1-6H2;1H. The first-order valence-electron chi connectivity index (χ1n) is 4.22. The highest BCUT2D eigenvalue weighted by atomic mass is 35.5. The zero-order valence-corrected chi connectivity index (χ0v) is 7.94. The summed E-state index contributed by atoms with van der Waals surface area (Å²) in [6.45, 7) is 2.19. The summed E-state index contributed by atoms with van der Waals surface area (Å²) in [7, 11) is 0. The van der Waals surface area contributed by atoms with Crippen molar-refractivity contribution in [2.75, 3.05) is 13.2 Å². The van der Waals surface area contributed by atoms with Gasteiger partial charge < -0.3 is 10.1 Å². The number of hydrogen-bond acceptors (Lipinski definition) is 3. The van der Waals surface area contributed by atoms with Crippen molar-refractivity contribution in [2.45, 2.75) is 31.7 Å². The van der Waals surface area contributed by atoms with Crippen molar-refractivity contribution >= 4 is 18.9 Å². The van der Waals surface area contributed by atoms with Gasteiger partial charge in [0.05, 0.1) is 6.61 Å². The van der Waals surface area contributed by atoms with Gasteiger partial charge in [0.1, 0.15) is 0 Å². The normalized spacial score (nSPS) is 22.5. The summed E-state index contributed by atoms with van der Waals surface area (Å²) in [6, 6.07) is 0.573. The Balaban J connectivity index is 0.00000121. The maximum absolute atomic E-state index is 9.80. The first-order valence-corrected chi connectivity index (χ1v) is 4.22. The van der Waals surface area contributed by atoms with Crippen LogP contribution in [-0.2, 0) is 9.53 Å². The number of hydrogen-bond donors (Lipinski definition) is 1. The van der Waals surface area contributed by atoms with Crippen LogP contribution in [0.5, 0.6) is 0 Å². The van der Waals surface area contributed by atoms with Crippen molar-refractivity contribution < 1.29 is 9.53 Å². The van der Waals surface area contributed by atoms with Gasteiger partial charge in [-0.3, -0.25) is 4.79 Å². The SMILES string of the molecule is Cl.O=COCCC1CCCCN1. The van der Waals surface area contributed by atoms with E-state index in [-0.39, 0.29) is 12.4 Å². The molecule has 1 heterocycles. The summed E-state index contributed by atoms with van der Waals surface area (Å²) in [4.78, 5) is 9.80. The van der Waals surface area contributed by atoms with Crippen LogP contribution in [0.25, 0.3) is 0 Å². The molecule has 12 heavy (non-hydrogen) atoms. The molecule has 0 aliphatic carbocycles. The molecule has 1 N–H and O–H groups in total. The van der Waals surface area contributed by atoms with Crippen molar-refractivity contribution in [1.29, 1.82) is 0 Å². The van der Waals surface area contributed by atoms with Gasteiger partial charge in [-0.05, 0) is 25.8 Å². The molecule has 3 nitrogen and oxygen atoms in total. The summed E-state index contributed by atoms with van der Waals surface area (Å²) in [5.74, 6) is 0. The molecule has 4 heteroatoms. The molecule has 72 valence electrons. The van der Waals surface area contributed by atoms with Gasteiger partial charge in [-0.25, -0.2) is 0 Å². The zero-order chi connectivity index (χ0) is 7.94. The van der Waals surface area contributed by atoms with E-state index in [1.165, 1.54) is 19.3 Å². The average molecular weight is 194 g/mol. The third kappa shape index (κ3) is 4.57.